The summed E-state index contributed by atoms with van der Waals surface area (Å²) >= 11 is 4.95. The average molecular weight is 380 g/mol. The first-order chi connectivity index (χ1) is 10.6. The van der Waals surface area contributed by atoms with E-state index in [-0.39, 0.29) is 12.6 Å². The van der Waals surface area contributed by atoms with Crippen molar-refractivity contribution in [3.63, 3.8) is 0 Å². The molecule has 0 spiro atoms. The van der Waals surface area contributed by atoms with Crippen LogP contribution in [0.5, 0.6) is 0 Å². The van der Waals surface area contributed by atoms with Gasteiger partial charge in [-0.25, -0.2) is 24.2 Å². The molecule has 0 aliphatic carbocycles. The molecule has 1 unspecified atom stereocenters. The molecule has 112 valence electrons. The van der Waals surface area contributed by atoms with E-state index in [9.17, 15) is 4.79 Å². The van der Waals surface area contributed by atoms with E-state index in [0.29, 0.717) is 11.5 Å². The molecular weight excluding hydrogens is 370 g/mol. The first-order valence-electron chi connectivity index (χ1n) is 6.51. The van der Waals surface area contributed by atoms with Gasteiger partial charge in [-0.15, -0.1) is 11.3 Å². The van der Waals surface area contributed by atoms with Crippen molar-refractivity contribution in [1.82, 2.24) is 19.6 Å². The highest BCUT2D eigenvalue weighted by atomic mass is 79.9. The van der Waals surface area contributed by atoms with Crippen molar-refractivity contribution in [1.29, 1.82) is 0 Å². The highest BCUT2D eigenvalue weighted by Gasteiger charge is 2.37. The minimum atomic E-state index is -0.414. The van der Waals surface area contributed by atoms with E-state index in [1.54, 1.807) is 34.3 Å². The zero-order chi connectivity index (χ0) is 15.3. The highest BCUT2D eigenvalue weighted by molar-refractivity contribution is 9.10. The first-order valence-corrected chi connectivity index (χ1v) is 8.18. The Bertz CT molecular complexity index is 876. The molecule has 9 heteroatoms. The first kappa shape index (κ1) is 13.6. The second kappa shape index (κ2) is 5.03. The quantitative estimate of drug-likeness (QED) is 0.684. The summed E-state index contributed by atoms with van der Waals surface area (Å²) in [4.78, 5) is 22.6. The maximum Gasteiger partial charge on any atom is 0.416 e. The number of carbonyl (C=O) groups excluding carboxylic acids is 1. The lowest BCUT2D eigenvalue weighted by atomic mass is 10.2. The SMILES string of the molecule is Cc1nc(C2COC(=O)N2c2ccn3ncc(Br)c3n2)cs1. The smallest absolute Gasteiger partial charge is 0.416 e. The van der Waals surface area contributed by atoms with Crippen molar-refractivity contribution in [3.8, 4) is 0 Å². The lowest BCUT2D eigenvalue weighted by Crippen LogP contribution is -2.28. The Morgan fingerprint density at radius 2 is 2.32 bits per heavy atom. The van der Waals surface area contributed by atoms with Gasteiger partial charge in [0.15, 0.2) is 5.65 Å². The Morgan fingerprint density at radius 1 is 1.45 bits per heavy atom. The van der Waals surface area contributed by atoms with Crippen molar-refractivity contribution in [2.24, 2.45) is 0 Å². The number of hydrogen-bond acceptors (Lipinski definition) is 6. The monoisotopic (exact) mass is 379 g/mol. The molecule has 0 saturated carbocycles. The van der Waals surface area contributed by atoms with Gasteiger partial charge in [0.25, 0.3) is 0 Å². The van der Waals surface area contributed by atoms with Gasteiger partial charge >= 0.3 is 6.09 Å². The summed E-state index contributed by atoms with van der Waals surface area (Å²) in [6, 6.07) is 1.49. The van der Waals surface area contributed by atoms with E-state index in [4.69, 9.17) is 4.74 Å². The van der Waals surface area contributed by atoms with Crippen molar-refractivity contribution in [2.75, 3.05) is 11.5 Å². The molecule has 3 aromatic heterocycles. The fourth-order valence-corrected chi connectivity index (χ4v) is 3.41. The van der Waals surface area contributed by atoms with Gasteiger partial charge in [-0.1, -0.05) is 0 Å². The van der Waals surface area contributed by atoms with Gasteiger partial charge in [-0.05, 0) is 28.9 Å². The number of rotatable bonds is 2. The summed E-state index contributed by atoms with van der Waals surface area (Å²) in [6.45, 7) is 2.21. The fraction of sp³-hybridized carbons (Fsp3) is 0.231. The van der Waals surface area contributed by atoms with Crippen LogP contribution < -0.4 is 4.90 Å². The van der Waals surface area contributed by atoms with Crippen LogP contribution in [0.4, 0.5) is 10.6 Å². The molecule has 4 heterocycles. The molecular formula is C13H10BrN5O2S. The van der Waals surface area contributed by atoms with Crippen LogP contribution in [0.3, 0.4) is 0 Å². The number of thiazole rings is 1. The number of aromatic nitrogens is 4. The van der Waals surface area contributed by atoms with E-state index in [1.807, 2.05) is 12.3 Å². The van der Waals surface area contributed by atoms with Crippen LogP contribution in [0.2, 0.25) is 0 Å². The number of carbonyl (C=O) groups is 1. The predicted octanol–water partition coefficient (Wildman–Crippen LogP) is 2.95. The van der Waals surface area contributed by atoms with Gasteiger partial charge in [0.05, 0.1) is 21.4 Å². The Hall–Kier alpha value is -2.00. The van der Waals surface area contributed by atoms with Crippen molar-refractivity contribution in [2.45, 2.75) is 13.0 Å². The molecule has 1 amide bonds. The van der Waals surface area contributed by atoms with Crippen LogP contribution in [-0.4, -0.2) is 32.3 Å². The third-order valence-corrected chi connectivity index (χ3v) is 4.76. The van der Waals surface area contributed by atoms with Crippen LogP contribution in [0, 0.1) is 6.92 Å². The maximum atomic E-state index is 12.1. The van der Waals surface area contributed by atoms with Crippen LogP contribution in [-0.2, 0) is 4.74 Å². The number of nitrogens with zero attached hydrogens (tertiary/aromatic N) is 5. The summed E-state index contributed by atoms with van der Waals surface area (Å²) in [6.07, 6.45) is 3.01. The standard InChI is InChI=1S/C13H10BrN5O2S/c1-7-16-9(6-22-7)10-5-21-13(20)19(10)11-2-3-18-12(17-11)8(14)4-15-18/h2-4,6,10H,5H2,1H3. The van der Waals surface area contributed by atoms with E-state index in [2.05, 4.69) is 31.0 Å². The second-order valence-corrected chi connectivity index (χ2v) is 6.72. The minimum absolute atomic E-state index is 0.255. The largest absolute Gasteiger partial charge is 0.446 e. The van der Waals surface area contributed by atoms with Crippen LogP contribution in [0.25, 0.3) is 5.65 Å². The summed E-state index contributed by atoms with van der Waals surface area (Å²) in [5.41, 5.74) is 1.47. The Balaban J connectivity index is 1.79. The number of cyclic esters (lactones) is 1. The molecule has 1 aliphatic rings. The van der Waals surface area contributed by atoms with Crippen molar-refractivity contribution in [3.05, 3.63) is 39.0 Å². The lowest BCUT2D eigenvalue weighted by molar-refractivity contribution is 0.178. The molecule has 0 bridgehead atoms. The number of halogens is 1. The molecule has 0 radical (unpaired) electrons. The Morgan fingerprint density at radius 3 is 3.09 bits per heavy atom. The number of amides is 1. The molecule has 0 aromatic carbocycles. The molecule has 1 fully saturated rings. The topological polar surface area (TPSA) is 72.6 Å². The van der Waals surface area contributed by atoms with Gasteiger partial charge in [0.2, 0.25) is 0 Å². The Labute approximate surface area is 137 Å². The second-order valence-electron chi connectivity index (χ2n) is 4.80. The van der Waals surface area contributed by atoms with Gasteiger partial charge < -0.3 is 4.74 Å². The van der Waals surface area contributed by atoms with Crippen LogP contribution >= 0.6 is 27.3 Å². The highest BCUT2D eigenvalue weighted by Crippen LogP contribution is 2.33. The molecule has 4 rings (SSSR count). The van der Waals surface area contributed by atoms with Gasteiger partial charge in [0.1, 0.15) is 18.5 Å². The van der Waals surface area contributed by atoms with Gasteiger partial charge in [-0.3, -0.25) is 0 Å². The molecule has 1 atom stereocenters. The van der Waals surface area contributed by atoms with Crippen molar-refractivity contribution < 1.29 is 9.53 Å². The van der Waals surface area contributed by atoms with Crippen molar-refractivity contribution >= 4 is 44.8 Å². The zero-order valence-corrected chi connectivity index (χ0v) is 13.8. The number of ether oxygens (including phenoxy) is 1. The Kier molecular flexibility index (Phi) is 3.12. The van der Waals surface area contributed by atoms with E-state index < -0.39 is 6.09 Å². The number of fused-ring (bicyclic) bond motifs is 1. The molecule has 22 heavy (non-hydrogen) atoms. The minimum Gasteiger partial charge on any atom is -0.446 e. The number of hydrogen-bond donors (Lipinski definition) is 0. The molecule has 7 nitrogen and oxygen atoms in total. The van der Waals surface area contributed by atoms with E-state index in [0.717, 1.165) is 15.2 Å². The summed E-state index contributed by atoms with van der Waals surface area (Å²) in [5, 5.41) is 7.05. The third-order valence-electron chi connectivity index (χ3n) is 3.41. The van der Waals surface area contributed by atoms with E-state index in [1.165, 1.54) is 4.90 Å². The molecule has 0 N–H and O–H groups in total. The average Bonchev–Trinajstić information content (AvgIpc) is 3.19. The summed E-state index contributed by atoms with van der Waals surface area (Å²) in [5.74, 6) is 0.520. The summed E-state index contributed by atoms with van der Waals surface area (Å²) in [7, 11) is 0. The van der Waals surface area contributed by atoms with Gasteiger partial charge in [-0.2, -0.15) is 5.10 Å². The maximum absolute atomic E-state index is 12.1. The fourth-order valence-electron chi connectivity index (χ4n) is 2.39. The van der Waals surface area contributed by atoms with Crippen LogP contribution in [0.15, 0.2) is 28.3 Å². The third kappa shape index (κ3) is 2.08. The van der Waals surface area contributed by atoms with E-state index >= 15 is 0 Å². The summed E-state index contributed by atoms with van der Waals surface area (Å²) < 4.78 is 7.60. The normalized spacial score (nSPS) is 18.2. The molecule has 3 aromatic rings. The lowest BCUT2D eigenvalue weighted by Gasteiger charge is -2.18. The number of aryl methyl sites for hydroxylation is 1. The van der Waals surface area contributed by atoms with Gasteiger partial charge in [0, 0.05) is 11.6 Å². The number of anilines is 1. The van der Waals surface area contributed by atoms with Crippen LogP contribution in [0.1, 0.15) is 16.7 Å². The molecule has 1 saturated heterocycles. The predicted molar refractivity (Wildman–Crippen MR) is 84.1 cm³/mol. The molecule has 1 aliphatic heterocycles. The zero-order valence-electron chi connectivity index (χ0n) is 11.4.